The molecule has 1 amide bonds. The quantitative estimate of drug-likeness (QED) is 0.376. The molecule has 1 aromatic rings. The van der Waals surface area contributed by atoms with Crippen molar-refractivity contribution in [2.45, 2.75) is 76.9 Å². The van der Waals surface area contributed by atoms with Crippen molar-refractivity contribution in [2.75, 3.05) is 6.61 Å². The Bertz CT molecular complexity index is 1200. The first-order valence-corrected chi connectivity index (χ1v) is 13.8. The number of aliphatic hydroxyl groups is 1. The minimum atomic E-state index is -1.14. The summed E-state index contributed by atoms with van der Waals surface area (Å²) in [6, 6.07) is 7.44. The van der Waals surface area contributed by atoms with Gasteiger partial charge in [0.05, 0.1) is 5.71 Å². The molecule has 0 aromatic heterocycles. The molecule has 4 aliphatic rings. The van der Waals surface area contributed by atoms with Crippen LogP contribution in [-0.4, -0.2) is 40.0 Å². The zero-order valence-corrected chi connectivity index (χ0v) is 22.3. The number of hydrogen-bond donors (Lipinski definition) is 3. The number of nitrogens with zero attached hydrogens (tertiary/aromatic N) is 1. The number of carbonyl (C=O) groups is 2. The maximum atomic E-state index is 12.4. The second kappa shape index (κ2) is 9.89. The van der Waals surface area contributed by atoms with Crippen LogP contribution in [0.15, 0.2) is 47.1 Å². The fourth-order valence-corrected chi connectivity index (χ4v) is 8.21. The number of benzene rings is 1. The summed E-state index contributed by atoms with van der Waals surface area (Å²) in [4.78, 5) is 29.4. The third-order valence-corrected chi connectivity index (χ3v) is 10.4. The largest absolute Gasteiger partial charge is 0.479 e. The monoisotopic (exact) mass is 518 g/mol. The van der Waals surface area contributed by atoms with Crippen molar-refractivity contribution in [1.82, 2.24) is 5.32 Å². The summed E-state index contributed by atoms with van der Waals surface area (Å²) in [6.45, 7) is 4.26. The molecule has 4 aliphatic carbocycles. The van der Waals surface area contributed by atoms with Gasteiger partial charge in [0.1, 0.15) is 5.60 Å². The number of oxime groups is 1. The highest BCUT2D eigenvalue weighted by molar-refractivity contribution is 5.96. The molecule has 0 spiro atoms. The Morgan fingerprint density at radius 2 is 1.87 bits per heavy atom. The van der Waals surface area contributed by atoms with Crippen LogP contribution in [0.25, 0.3) is 0 Å². The van der Waals surface area contributed by atoms with Gasteiger partial charge >= 0.3 is 5.97 Å². The first-order chi connectivity index (χ1) is 18.1. The molecule has 0 unspecified atom stereocenters. The van der Waals surface area contributed by atoms with E-state index >= 15 is 0 Å². The molecule has 202 valence electrons. The summed E-state index contributed by atoms with van der Waals surface area (Å²) in [7, 11) is 0. The van der Waals surface area contributed by atoms with E-state index in [0.717, 1.165) is 50.7 Å². The molecule has 7 heteroatoms. The van der Waals surface area contributed by atoms with Gasteiger partial charge in [0.2, 0.25) is 0 Å². The minimum absolute atomic E-state index is 0.0991. The molecule has 7 atom stereocenters. The zero-order chi connectivity index (χ0) is 27.1. The number of hydrogen-bond acceptors (Lipinski definition) is 5. The van der Waals surface area contributed by atoms with Gasteiger partial charge in [-0.1, -0.05) is 60.8 Å². The van der Waals surface area contributed by atoms with Crippen LogP contribution in [0, 0.1) is 40.9 Å². The number of carboxylic acids is 1. The number of rotatable bonds is 6. The van der Waals surface area contributed by atoms with Crippen molar-refractivity contribution in [1.29, 1.82) is 0 Å². The van der Waals surface area contributed by atoms with Gasteiger partial charge in [-0.3, -0.25) is 4.79 Å². The van der Waals surface area contributed by atoms with Crippen LogP contribution >= 0.6 is 0 Å². The van der Waals surface area contributed by atoms with Crippen molar-refractivity contribution in [2.24, 2.45) is 33.7 Å². The summed E-state index contributed by atoms with van der Waals surface area (Å²) in [5.41, 5.74) is 1.64. The first-order valence-electron chi connectivity index (χ1n) is 13.8. The molecule has 0 saturated heterocycles. The minimum Gasteiger partial charge on any atom is -0.479 e. The molecule has 38 heavy (non-hydrogen) atoms. The van der Waals surface area contributed by atoms with Crippen LogP contribution in [0.1, 0.15) is 76.8 Å². The molecule has 0 heterocycles. The number of amides is 1. The highest BCUT2D eigenvalue weighted by Gasteiger charge is 2.63. The number of fused-ring (bicyclic) bond motifs is 5. The SMILES string of the molecule is C#C[C@@]1(O)CC[C@H]2[C@@H]3CCC4=C/C(=N/OCC(=O)N[C@@H](C(=O)O)c5ccccc5)CC[C@]4(C)[C@H]3CC[C@@]21C. The maximum absolute atomic E-state index is 12.4. The van der Waals surface area contributed by atoms with Crippen molar-refractivity contribution in [3.63, 3.8) is 0 Å². The van der Waals surface area contributed by atoms with E-state index in [4.69, 9.17) is 11.3 Å². The van der Waals surface area contributed by atoms with Crippen molar-refractivity contribution in [3.05, 3.63) is 47.5 Å². The fraction of sp³-hybridized carbons (Fsp3) is 0.581. The Morgan fingerprint density at radius 1 is 1.13 bits per heavy atom. The van der Waals surface area contributed by atoms with Gasteiger partial charge in [-0.15, -0.1) is 6.42 Å². The van der Waals surface area contributed by atoms with Crippen molar-refractivity contribution >= 4 is 17.6 Å². The number of terminal acetylenes is 1. The zero-order valence-electron chi connectivity index (χ0n) is 22.3. The Morgan fingerprint density at radius 3 is 2.58 bits per heavy atom. The van der Waals surface area contributed by atoms with Crippen LogP contribution in [0.5, 0.6) is 0 Å². The van der Waals surface area contributed by atoms with Crippen LogP contribution < -0.4 is 5.32 Å². The second-order valence-corrected chi connectivity index (χ2v) is 12.1. The molecule has 0 bridgehead atoms. The van der Waals surface area contributed by atoms with E-state index in [2.05, 4.69) is 36.3 Å². The molecule has 5 rings (SSSR count). The van der Waals surface area contributed by atoms with Gasteiger partial charge in [0, 0.05) is 5.41 Å². The lowest BCUT2D eigenvalue weighted by Crippen LogP contribution is -2.54. The van der Waals surface area contributed by atoms with Gasteiger partial charge < -0.3 is 20.4 Å². The van der Waals surface area contributed by atoms with E-state index in [1.807, 2.05) is 0 Å². The molecule has 3 fully saturated rings. The summed E-state index contributed by atoms with van der Waals surface area (Å²) in [5.74, 6) is 2.69. The molecular formula is C31H38N2O5. The van der Waals surface area contributed by atoms with Crippen molar-refractivity contribution in [3.8, 4) is 12.3 Å². The summed E-state index contributed by atoms with van der Waals surface area (Å²) in [6.07, 6.45) is 15.5. The Balaban J connectivity index is 1.22. The Labute approximate surface area is 224 Å². The molecular weight excluding hydrogens is 480 g/mol. The standard InChI is InChI=1S/C31H38N2O5/c1-4-31(37)17-14-25-23-11-10-21-18-22(12-15-29(21,2)24(23)13-16-30(25,31)3)33-38-19-26(34)32-27(28(35)36)20-8-6-5-7-9-20/h1,5-9,18,23-25,27,37H,10-17,19H2,2-3H3,(H,32,34)(H,35,36)/b33-22+/t23-,24+,25+,27-,29+,30+,31-/m1/s1. The van der Waals surface area contributed by atoms with Gasteiger partial charge in [-0.05, 0) is 86.2 Å². The maximum Gasteiger partial charge on any atom is 0.330 e. The average Bonchev–Trinajstić information content (AvgIpc) is 3.18. The molecule has 0 radical (unpaired) electrons. The third-order valence-electron chi connectivity index (χ3n) is 10.4. The molecule has 7 nitrogen and oxygen atoms in total. The van der Waals surface area contributed by atoms with Crippen LogP contribution in [0.3, 0.4) is 0 Å². The third kappa shape index (κ3) is 4.33. The van der Waals surface area contributed by atoms with Crippen molar-refractivity contribution < 1.29 is 24.6 Å². The highest BCUT2D eigenvalue weighted by atomic mass is 16.6. The van der Waals surface area contributed by atoms with Crippen LogP contribution in [0.4, 0.5) is 0 Å². The molecule has 3 N–H and O–H groups in total. The summed E-state index contributed by atoms with van der Waals surface area (Å²) >= 11 is 0. The molecule has 1 aromatic carbocycles. The van der Waals surface area contributed by atoms with Gasteiger partial charge in [-0.2, -0.15) is 0 Å². The Kier molecular flexibility index (Phi) is 6.89. The summed E-state index contributed by atoms with van der Waals surface area (Å²) < 4.78 is 0. The normalized spacial score (nSPS) is 37.6. The second-order valence-electron chi connectivity index (χ2n) is 12.1. The van der Waals surface area contributed by atoms with Gasteiger partial charge in [-0.25, -0.2) is 4.79 Å². The lowest BCUT2D eigenvalue weighted by Gasteiger charge is -2.58. The number of allylic oxidation sites excluding steroid dienone is 2. The number of nitrogens with one attached hydrogen (secondary N) is 1. The lowest BCUT2D eigenvalue weighted by molar-refractivity contribution is -0.142. The van der Waals surface area contributed by atoms with Crippen LogP contribution in [-0.2, 0) is 14.4 Å². The van der Waals surface area contributed by atoms with E-state index in [1.165, 1.54) is 5.57 Å². The molecule has 3 saturated carbocycles. The smallest absolute Gasteiger partial charge is 0.330 e. The number of carboxylic acid groups (broad SMARTS) is 1. The van der Waals surface area contributed by atoms with E-state index in [0.29, 0.717) is 29.7 Å². The van der Waals surface area contributed by atoms with E-state index in [9.17, 15) is 19.8 Å². The van der Waals surface area contributed by atoms with E-state index < -0.39 is 23.5 Å². The lowest BCUT2D eigenvalue weighted by atomic mass is 9.46. The van der Waals surface area contributed by atoms with Gasteiger partial charge in [0.25, 0.3) is 5.91 Å². The Hall–Kier alpha value is -3.11. The number of carbonyl (C=O) groups excluding carboxylic acids is 1. The predicted octanol–water partition coefficient (Wildman–Crippen LogP) is 4.63. The molecule has 0 aliphatic heterocycles. The highest BCUT2D eigenvalue weighted by Crippen LogP contribution is 2.67. The topological polar surface area (TPSA) is 108 Å². The average molecular weight is 519 g/mol. The number of aliphatic carboxylic acids is 1. The van der Waals surface area contributed by atoms with Crippen LogP contribution in [0.2, 0.25) is 0 Å². The van der Waals surface area contributed by atoms with Gasteiger partial charge in [0.15, 0.2) is 12.6 Å². The fourth-order valence-electron chi connectivity index (χ4n) is 8.21. The van der Waals surface area contributed by atoms with E-state index in [1.54, 1.807) is 30.3 Å². The predicted molar refractivity (Wildman–Crippen MR) is 144 cm³/mol. The van der Waals surface area contributed by atoms with E-state index in [-0.39, 0.29) is 17.4 Å². The summed E-state index contributed by atoms with van der Waals surface area (Å²) in [5, 5.41) is 27.5. The first kappa shape index (κ1) is 26.5.